The first-order valence-corrected chi connectivity index (χ1v) is 8.94. The van der Waals surface area contributed by atoms with E-state index in [1.807, 2.05) is 13.8 Å². The van der Waals surface area contributed by atoms with Crippen LogP contribution in [-0.4, -0.2) is 21.0 Å². The summed E-state index contributed by atoms with van der Waals surface area (Å²) in [5.41, 5.74) is 0.598. The third-order valence-corrected chi connectivity index (χ3v) is 5.37. The van der Waals surface area contributed by atoms with E-state index in [4.69, 9.17) is 0 Å². The molecule has 0 heterocycles. The van der Waals surface area contributed by atoms with Crippen molar-refractivity contribution in [3.8, 4) is 0 Å². The fourth-order valence-electron chi connectivity index (χ4n) is 2.33. The lowest BCUT2D eigenvalue weighted by molar-refractivity contribution is 0.534. The van der Waals surface area contributed by atoms with Crippen molar-refractivity contribution in [1.82, 2.24) is 10.0 Å². The summed E-state index contributed by atoms with van der Waals surface area (Å²) in [5, 5.41) is 3.16. The van der Waals surface area contributed by atoms with Crippen LogP contribution in [0, 0.1) is 11.7 Å². The quantitative estimate of drug-likeness (QED) is 0.725. The van der Waals surface area contributed by atoms with Crippen molar-refractivity contribution < 1.29 is 12.8 Å². The zero-order chi connectivity index (χ0) is 15.5. The van der Waals surface area contributed by atoms with Crippen LogP contribution in [0.2, 0.25) is 0 Å². The summed E-state index contributed by atoms with van der Waals surface area (Å²) in [6.45, 7) is 5.11. The summed E-state index contributed by atoms with van der Waals surface area (Å²) in [7, 11) is -3.68. The molecule has 6 heteroatoms. The van der Waals surface area contributed by atoms with Gasteiger partial charge in [0.05, 0.1) is 4.90 Å². The maximum Gasteiger partial charge on any atom is 0.241 e. The topological polar surface area (TPSA) is 58.2 Å². The first-order chi connectivity index (χ1) is 9.94. The second-order valence-electron chi connectivity index (χ2n) is 5.68. The fourth-order valence-corrected chi connectivity index (χ4v) is 3.89. The molecule has 0 spiro atoms. The molecular formula is C15H23FN2O2S. The molecule has 0 saturated heterocycles. The van der Waals surface area contributed by atoms with Crippen LogP contribution in [0.25, 0.3) is 0 Å². The van der Waals surface area contributed by atoms with Gasteiger partial charge in [0.25, 0.3) is 0 Å². The molecule has 1 aromatic carbocycles. The molecular weight excluding hydrogens is 291 g/mol. The van der Waals surface area contributed by atoms with Crippen LogP contribution in [0.15, 0.2) is 23.1 Å². The Balaban J connectivity index is 2.20. The van der Waals surface area contributed by atoms with Gasteiger partial charge in [-0.2, -0.15) is 0 Å². The standard InChI is InChI=1S/C15H23FN2O2S/c1-3-8-17-10-13-6-7-14(16)9-15(13)21(19,20)18-11(2)12-4-5-12/h6-7,9,11-12,17-18H,3-5,8,10H2,1-2H3. The van der Waals surface area contributed by atoms with Gasteiger partial charge in [-0.05, 0) is 56.3 Å². The highest BCUT2D eigenvalue weighted by Crippen LogP contribution is 2.33. The molecule has 1 aromatic rings. The normalized spacial score (nSPS) is 16.9. The number of halogens is 1. The number of hydrogen-bond acceptors (Lipinski definition) is 3. The monoisotopic (exact) mass is 314 g/mol. The molecule has 2 rings (SSSR count). The Morgan fingerprint density at radius 3 is 2.71 bits per heavy atom. The van der Waals surface area contributed by atoms with E-state index < -0.39 is 15.8 Å². The zero-order valence-electron chi connectivity index (χ0n) is 12.5. The van der Waals surface area contributed by atoms with E-state index in [-0.39, 0.29) is 10.9 Å². The van der Waals surface area contributed by atoms with E-state index in [1.165, 1.54) is 12.1 Å². The van der Waals surface area contributed by atoms with E-state index in [1.54, 1.807) is 0 Å². The van der Waals surface area contributed by atoms with Crippen LogP contribution >= 0.6 is 0 Å². The number of hydrogen-bond donors (Lipinski definition) is 2. The molecule has 0 radical (unpaired) electrons. The zero-order valence-corrected chi connectivity index (χ0v) is 13.3. The summed E-state index contributed by atoms with van der Waals surface area (Å²) in [5.74, 6) is -0.122. The molecule has 0 amide bonds. The van der Waals surface area contributed by atoms with Gasteiger partial charge in [-0.25, -0.2) is 17.5 Å². The SMILES string of the molecule is CCCNCc1ccc(F)cc1S(=O)(=O)NC(C)C1CC1. The molecule has 0 bridgehead atoms. The van der Waals surface area contributed by atoms with Gasteiger partial charge in [-0.3, -0.25) is 0 Å². The first kappa shape index (κ1) is 16.4. The predicted molar refractivity (Wildman–Crippen MR) is 80.9 cm³/mol. The van der Waals surface area contributed by atoms with E-state index in [2.05, 4.69) is 10.0 Å². The van der Waals surface area contributed by atoms with E-state index >= 15 is 0 Å². The molecule has 21 heavy (non-hydrogen) atoms. The number of benzene rings is 1. The molecule has 1 unspecified atom stereocenters. The highest BCUT2D eigenvalue weighted by molar-refractivity contribution is 7.89. The van der Waals surface area contributed by atoms with Crippen molar-refractivity contribution in [2.24, 2.45) is 5.92 Å². The molecule has 118 valence electrons. The Bertz CT molecular complexity index is 585. The van der Waals surface area contributed by atoms with Gasteiger partial charge >= 0.3 is 0 Å². The van der Waals surface area contributed by atoms with Crippen molar-refractivity contribution in [3.05, 3.63) is 29.6 Å². The Hall–Kier alpha value is -0.980. The number of rotatable bonds is 8. The maximum atomic E-state index is 13.5. The minimum Gasteiger partial charge on any atom is -0.313 e. The van der Waals surface area contributed by atoms with Crippen molar-refractivity contribution in [2.75, 3.05) is 6.54 Å². The lowest BCUT2D eigenvalue weighted by atomic mass is 10.2. The predicted octanol–water partition coefficient (Wildman–Crippen LogP) is 2.40. The highest BCUT2D eigenvalue weighted by Gasteiger charge is 2.32. The van der Waals surface area contributed by atoms with Crippen LogP contribution < -0.4 is 10.0 Å². The lowest BCUT2D eigenvalue weighted by Crippen LogP contribution is -2.35. The minimum absolute atomic E-state index is 0.0404. The van der Waals surface area contributed by atoms with Crippen LogP contribution in [0.5, 0.6) is 0 Å². The van der Waals surface area contributed by atoms with Gasteiger partial charge in [0.2, 0.25) is 10.0 Å². The first-order valence-electron chi connectivity index (χ1n) is 7.45. The Labute approximate surface area is 126 Å². The number of nitrogens with one attached hydrogen (secondary N) is 2. The summed E-state index contributed by atoms with van der Waals surface area (Å²) in [6.07, 6.45) is 3.07. The Morgan fingerprint density at radius 1 is 1.38 bits per heavy atom. The van der Waals surface area contributed by atoms with Crippen molar-refractivity contribution >= 4 is 10.0 Å². The summed E-state index contributed by atoms with van der Waals surface area (Å²) < 4.78 is 41.1. The second kappa shape index (κ2) is 6.85. The molecule has 1 aliphatic carbocycles. The molecule has 0 aromatic heterocycles. The Kier molecular flexibility index (Phi) is 5.35. The lowest BCUT2D eigenvalue weighted by Gasteiger charge is -2.16. The molecule has 0 aliphatic heterocycles. The number of sulfonamides is 1. The maximum absolute atomic E-state index is 13.5. The average molecular weight is 314 g/mol. The van der Waals surface area contributed by atoms with Crippen molar-refractivity contribution in [3.63, 3.8) is 0 Å². The highest BCUT2D eigenvalue weighted by atomic mass is 32.2. The summed E-state index contributed by atoms with van der Waals surface area (Å²) in [4.78, 5) is 0.0404. The van der Waals surface area contributed by atoms with Crippen LogP contribution in [0.4, 0.5) is 4.39 Å². The molecule has 1 fully saturated rings. The van der Waals surface area contributed by atoms with Crippen LogP contribution in [-0.2, 0) is 16.6 Å². The van der Waals surface area contributed by atoms with E-state index in [9.17, 15) is 12.8 Å². The molecule has 2 N–H and O–H groups in total. The largest absolute Gasteiger partial charge is 0.313 e. The third-order valence-electron chi connectivity index (χ3n) is 3.73. The minimum atomic E-state index is -3.68. The van der Waals surface area contributed by atoms with Crippen molar-refractivity contribution in [1.29, 1.82) is 0 Å². The molecule has 1 aliphatic rings. The van der Waals surface area contributed by atoms with Gasteiger partial charge in [-0.15, -0.1) is 0 Å². The van der Waals surface area contributed by atoms with E-state index in [0.717, 1.165) is 31.9 Å². The van der Waals surface area contributed by atoms with Crippen LogP contribution in [0.1, 0.15) is 38.7 Å². The molecule has 1 atom stereocenters. The van der Waals surface area contributed by atoms with E-state index in [0.29, 0.717) is 18.0 Å². The second-order valence-corrected chi connectivity index (χ2v) is 7.36. The third kappa shape index (κ3) is 4.49. The van der Waals surface area contributed by atoms with Gasteiger partial charge in [0.1, 0.15) is 5.82 Å². The van der Waals surface area contributed by atoms with Gasteiger partial charge in [-0.1, -0.05) is 13.0 Å². The van der Waals surface area contributed by atoms with Crippen molar-refractivity contribution in [2.45, 2.75) is 50.6 Å². The smallest absolute Gasteiger partial charge is 0.241 e. The van der Waals surface area contributed by atoms with Gasteiger partial charge < -0.3 is 5.32 Å². The van der Waals surface area contributed by atoms with Gasteiger partial charge in [0, 0.05) is 12.6 Å². The summed E-state index contributed by atoms with van der Waals surface area (Å²) in [6, 6.07) is 3.83. The summed E-state index contributed by atoms with van der Waals surface area (Å²) >= 11 is 0. The molecule has 1 saturated carbocycles. The van der Waals surface area contributed by atoms with Gasteiger partial charge in [0.15, 0.2) is 0 Å². The Morgan fingerprint density at radius 2 is 2.10 bits per heavy atom. The average Bonchev–Trinajstić information content (AvgIpc) is 3.24. The molecule has 4 nitrogen and oxygen atoms in total. The fraction of sp³-hybridized carbons (Fsp3) is 0.600. The van der Waals surface area contributed by atoms with Crippen LogP contribution in [0.3, 0.4) is 0 Å².